The summed E-state index contributed by atoms with van der Waals surface area (Å²) >= 11 is 0. The Hall–Kier alpha value is -4.51. The summed E-state index contributed by atoms with van der Waals surface area (Å²) in [6, 6.07) is 23.6. The lowest BCUT2D eigenvalue weighted by Crippen LogP contribution is -2.49. The molecule has 2 N–H and O–H groups in total. The normalized spacial score (nSPS) is 13.0. The molecule has 1 aliphatic heterocycles. The van der Waals surface area contributed by atoms with Crippen molar-refractivity contribution < 1.29 is 14.3 Å². The van der Waals surface area contributed by atoms with E-state index in [1.165, 1.54) is 0 Å². The van der Waals surface area contributed by atoms with Crippen LogP contribution in [0, 0.1) is 11.3 Å². The first-order chi connectivity index (χ1) is 17.0. The number of piperazine rings is 1. The van der Waals surface area contributed by atoms with E-state index in [0.717, 1.165) is 30.1 Å². The molecule has 0 radical (unpaired) electrons. The Morgan fingerprint density at radius 1 is 0.914 bits per heavy atom. The number of carbonyl (C=O) groups excluding carboxylic acids is 2. The van der Waals surface area contributed by atoms with Crippen LogP contribution in [0.25, 0.3) is 0 Å². The zero-order valence-electron chi connectivity index (χ0n) is 19.5. The van der Waals surface area contributed by atoms with Gasteiger partial charge in [0.25, 0.3) is 0 Å². The van der Waals surface area contributed by atoms with Crippen LogP contribution in [0.2, 0.25) is 0 Å². The second-order valence-corrected chi connectivity index (χ2v) is 8.21. The van der Waals surface area contributed by atoms with Gasteiger partial charge in [0.1, 0.15) is 5.75 Å². The standard InChI is InChI=1S/C27H27N5O3/c1-35-25-11-5-20(6-12-25)18-26(33)32-15-13-31(14-16-32)24-9-7-22(8-10-24)29-27(34)30-23-4-2-3-21(17-23)19-28/h2-12,17H,13-16,18H2,1H3,(H2,29,30,34). The first kappa shape index (κ1) is 23.6. The van der Waals surface area contributed by atoms with Gasteiger partial charge in [-0.2, -0.15) is 5.26 Å². The fraction of sp³-hybridized carbons (Fsp3) is 0.222. The fourth-order valence-corrected chi connectivity index (χ4v) is 3.96. The Kier molecular flexibility index (Phi) is 7.48. The number of methoxy groups -OCH3 is 1. The van der Waals surface area contributed by atoms with Crippen molar-refractivity contribution in [2.24, 2.45) is 0 Å². The Morgan fingerprint density at radius 2 is 1.60 bits per heavy atom. The molecule has 0 atom stereocenters. The Bertz CT molecular complexity index is 1210. The molecular formula is C27H27N5O3. The Labute approximate surface area is 204 Å². The topological polar surface area (TPSA) is 97.7 Å². The van der Waals surface area contributed by atoms with Crippen LogP contribution in [0.15, 0.2) is 72.8 Å². The highest BCUT2D eigenvalue weighted by Gasteiger charge is 2.21. The monoisotopic (exact) mass is 469 g/mol. The summed E-state index contributed by atoms with van der Waals surface area (Å²) in [5.74, 6) is 0.905. The molecule has 3 amide bonds. The summed E-state index contributed by atoms with van der Waals surface area (Å²) in [6.07, 6.45) is 0.382. The van der Waals surface area contributed by atoms with Crippen molar-refractivity contribution in [3.8, 4) is 11.8 Å². The largest absolute Gasteiger partial charge is 0.497 e. The van der Waals surface area contributed by atoms with E-state index in [1.807, 2.05) is 59.5 Å². The number of nitriles is 1. The zero-order valence-corrected chi connectivity index (χ0v) is 19.5. The molecule has 1 heterocycles. The third-order valence-electron chi connectivity index (χ3n) is 5.89. The summed E-state index contributed by atoms with van der Waals surface area (Å²) in [4.78, 5) is 29.1. The van der Waals surface area contributed by atoms with Crippen LogP contribution in [0.3, 0.4) is 0 Å². The number of hydrogen-bond acceptors (Lipinski definition) is 5. The smallest absolute Gasteiger partial charge is 0.323 e. The van der Waals surface area contributed by atoms with Crippen molar-refractivity contribution in [2.75, 3.05) is 48.8 Å². The van der Waals surface area contributed by atoms with E-state index >= 15 is 0 Å². The van der Waals surface area contributed by atoms with Crippen LogP contribution in [0.4, 0.5) is 21.9 Å². The molecule has 178 valence electrons. The molecule has 1 saturated heterocycles. The molecule has 0 saturated carbocycles. The molecule has 3 aromatic carbocycles. The molecule has 35 heavy (non-hydrogen) atoms. The minimum atomic E-state index is -0.378. The van der Waals surface area contributed by atoms with E-state index < -0.39 is 0 Å². The van der Waals surface area contributed by atoms with E-state index in [9.17, 15) is 9.59 Å². The zero-order chi connectivity index (χ0) is 24.6. The number of ether oxygens (including phenoxy) is 1. The summed E-state index contributed by atoms with van der Waals surface area (Å²) < 4.78 is 5.17. The van der Waals surface area contributed by atoms with Crippen LogP contribution in [0.5, 0.6) is 5.75 Å². The number of benzene rings is 3. The molecule has 0 bridgehead atoms. The SMILES string of the molecule is COc1ccc(CC(=O)N2CCN(c3ccc(NC(=O)Nc4cccc(C#N)c4)cc3)CC2)cc1. The molecule has 1 fully saturated rings. The first-order valence-corrected chi connectivity index (χ1v) is 11.4. The third-order valence-corrected chi connectivity index (χ3v) is 5.89. The molecule has 4 rings (SSSR count). The summed E-state index contributed by atoms with van der Waals surface area (Å²) in [6.45, 7) is 2.83. The van der Waals surface area contributed by atoms with Gasteiger partial charge in [0, 0.05) is 43.2 Å². The van der Waals surface area contributed by atoms with Crippen molar-refractivity contribution >= 4 is 29.0 Å². The van der Waals surface area contributed by atoms with Gasteiger partial charge in [-0.3, -0.25) is 4.79 Å². The molecular weight excluding hydrogens is 442 g/mol. The van der Waals surface area contributed by atoms with E-state index in [1.54, 1.807) is 31.4 Å². The molecule has 8 heteroatoms. The molecule has 3 aromatic rings. The predicted molar refractivity (Wildman–Crippen MR) is 136 cm³/mol. The number of hydrogen-bond donors (Lipinski definition) is 2. The van der Waals surface area contributed by atoms with Gasteiger partial charge in [0.2, 0.25) is 5.91 Å². The average Bonchev–Trinajstić information content (AvgIpc) is 2.89. The van der Waals surface area contributed by atoms with Gasteiger partial charge in [-0.05, 0) is 60.2 Å². The van der Waals surface area contributed by atoms with Crippen molar-refractivity contribution in [1.29, 1.82) is 5.26 Å². The van der Waals surface area contributed by atoms with Crippen molar-refractivity contribution in [3.63, 3.8) is 0 Å². The van der Waals surface area contributed by atoms with E-state index in [2.05, 4.69) is 15.5 Å². The van der Waals surface area contributed by atoms with Crippen LogP contribution in [0.1, 0.15) is 11.1 Å². The predicted octanol–water partition coefficient (Wildman–Crippen LogP) is 4.10. The lowest BCUT2D eigenvalue weighted by molar-refractivity contribution is -0.130. The quantitative estimate of drug-likeness (QED) is 0.566. The van der Waals surface area contributed by atoms with Gasteiger partial charge in [0.05, 0.1) is 25.2 Å². The van der Waals surface area contributed by atoms with Gasteiger partial charge in [0.15, 0.2) is 0 Å². The van der Waals surface area contributed by atoms with Crippen LogP contribution in [-0.4, -0.2) is 50.1 Å². The fourth-order valence-electron chi connectivity index (χ4n) is 3.96. The second kappa shape index (κ2) is 11.1. The number of nitrogens with one attached hydrogen (secondary N) is 2. The third kappa shape index (κ3) is 6.30. The highest BCUT2D eigenvalue weighted by molar-refractivity contribution is 5.99. The number of amides is 3. The number of carbonyl (C=O) groups is 2. The maximum Gasteiger partial charge on any atom is 0.323 e. The number of urea groups is 1. The first-order valence-electron chi connectivity index (χ1n) is 11.4. The number of nitrogens with zero attached hydrogens (tertiary/aromatic N) is 3. The van der Waals surface area contributed by atoms with Crippen LogP contribution >= 0.6 is 0 Å². The average molecular weight is 470 g/mol. The molecule has 0 aliphatic carbocycles. The lowest BCUT2D eigenvalue weighted by Gasteiger charge is -2.36. The number of anilines is 3. The highest BCUT2D eigenvalue weighted by Crippen LogP contribution is 2.21. The van der Waals surface area contributed by atoms with Gasteiger partial charge in [-0.1, -0.05) is 18.2 Å². The lowest BCUT2D eigenvalue weighted by atomic mass is 10.1. The number of rotatable bonds is 6. The highest BCUT2D eigenvalue weighted by atomic mass is 16.5. The van der Waals surface area contributed by atoms with E-state index in [4.69, 9.17) is 10.00 Å². The van der Waals surface area contributed by atoms with Crippen molar-refractivity contribution in [3.05, 3.63) is 83.9 Å². The Balaban J connectivity index is 1.25. The Morgan fingerprint density at radius 3 is 2.26 bits per heavy atom. The second-order valence-electron chi connectivity index (χ2n) is 8.21. The van der Waals surface area contributed by atoms with Crippen LogP contribution < -0.4 is 20.3 Å². The molecule has 8 nitrogen and oxygen atoms in total. The molecule has 0 spiro atoms. The maximum absolute atomic E-state index is 12.7. The van der Waals surface area contributed by atoms with Gasteiger partial charge >= 0.3 is 6.03 Å². The van der Waals surface area contributed by atoms with Crippen molar-refractivity contribution in [2.45, 2.75) is 6.42 Å². The minimum Gasteiger partial charge on any atom is -0.497 e. The molecule has 0 unspecified atom stereocenters. The molecule has 1 aliphatic rings. The van der Waals surface area contributed by atoms with Crippen molar-refractivity contribution in [1.82, 2.24) is 4.90 Å². The molecule has 0 aromatic heterocycles. The minimum absolute atomic E-state index is 0.126. The van der Waals surface area contributed by atoms with E-state index in [0.29, 0.717) is 36.4 Å². The summed E-state index contributed by atoms with van der Waals surface area (Å²) in [5.41, 5.74) is 3.71. The van der Waals surface area contributed by atoms with Crippen LogP contribution in [-0.2, 0) is 11.2 Å². The summed E-state index contributed by atoms with van der Waals surface area (Å²) in [5, 5.41) is 14.5. The van der Waals surface area contributed by atoms with Gasteiger partial charge in [-0.25, -0.2) is 4.79 Å². The van der Waals surface area contributed by atoms with Gasteiger partial charge in [-0.15, -0.1) is 0 Å². The van der Waals surface area contributed by atoms with Gasteiger partial charge < -0.3 is 25.2 Å². The van der Waals surface area contributed by atoms with E-state index in [-0.39, 0.29) is 11.9 Å². The maximum atomic E-state index is 12.7. The summed E-state index contributed by atoms with van der Waals surface area (Å²) in [7, 11) is 1.62.